The van der Waals surface area contributed by atoms with Crippen molar-refractivity contribution in [3.63, 3.8) is 0 Å². The molecule has 3 aromatic carbocycles. The molecule has 10 nitrogen and oxygen atoms in total. The fourth-order valence-electron chi connectivity index (χ4n) is 7.05. The average Bonchev–Trinajstić information content (AvgIpc) is 3.23. The molecule has 1 heterocycles. The summed E-state index contributed by atoms with van der Waals surface area (Å²) in [6, 6.07) is 31.1. The molecular formula is C46H66N3O7P. The maximum Gasteiger partial charge on any atom is 0.353 e. The number of anilines is 1. The summed E-state index contributed by atoms with van der Waals surface area (Å²) in [5, 5.41) is 0. The summed E-state index contributed by atoms with van der Waals surface area (Å²) in [7, 11) is -4.16. The number of unbranched alkanes of at least 4 members (excludes halogenated alkanes) is 13. The van der Waals surface area contributed by atoms with E-state index in [9.17, 15) is 14.3 Å². The summed E-state index contributed by atoms with van der Waals surface area (Å²) in [5.41, 5.74) is 6.77. The molecule has 1 unspecified atom stereocenters. The lowest BCUT2D eigenvalue weighted by molar-refractivity contribution is -0.0635. The van der Waals surface area contributed by atoms with Crippen LogP contribution >= 0.6 is 7.60 Å². The maximum atomic E-state index is 13.2. The molecule has 4 rings (SSSR count). The molecule has 0 saturated heterocycles. The van der Waals surface area contributed by atoms with Gasteiger partial charge in [-0.05, 0) is 35.6 Å². The number of ether oxygens (including phenoxy) is 3. The van der Waals surface area contributed by atoms with Crippen LogP contribution in [0.3, 0.4) is 0 Å². The number of hydrogen-bond acceptors (Lipinski definition) is 8. The molecule has 11 heteroatoms. The van der Waals surface area contributed by atoms with E-state index in [1.807, 2.05) is 91.0 Å². The van der Waals surface area contributed by atoms with Gasteiger partial charge in [-0.1, -0.05) is 181 Å². The number of nitrogens with two attached hydrogens (primary N) is 1. The van der Waals surface area contributed by atoms with Crippen LogP contribution in [0.1, 0.15) is 120 Å². The Morgan fingerprint density at radius 3 is 1.65 bits per heavy atom. The first-order chi connectivity index (χ1) is 27.8. The highest BCUT2D eigenvalue weighted by atomic mass is 31.2. The van der Waals surface area contributed by atoms with Crippen molar-refractivity contribution in [3.8, 4) is 0 Å². The molecule has 0 bridgehead atoms. The van der Waals surface area contributed by atoms with Gasteiger partial charge >= 0.3 is 13.3 Å². The van der Waals surface area contributed by atoms with E-state index in [0.717, 1.165) is 29.5 Å². The van der Waals surface area contributed by atoms with E-state index in [1.165, 1.54) is 93.9 Å². The zero-order valence-electron chi connectivity index (χ0n) is 34.1. The predicted molar refractivity (Wildman–Crippen MR) is 229 cm³/mol. The fraction of sp³-hybridized carbons (Fsp3) is 0.522. The zero-order valence-corrected chi connectivity index (χ0v) is 35.0. The van der Waals surface area contributed by atoms with Crippen molar-refractivity contribution in [1.29, 1.82) is 0 Å². The summed E-state index contributed by atoms with van der Waals surface area (Å²) in [6.45, 7) is 3.38. The Morgan fingerprint density at radius 2 is 1.16 bits per heavy atom. The van der Waals surface area contributed by atoms with Gasteiger partial charge in [0.25, 0.3) is 0 Å². The van der Waals surface area contributed by atoms with Crippen LogP contribution in [0.2, 0.25) is 0 Å². The molecule has 57 heavy (non-hydrogen) atoms. The lowest BCUT2D eigenvalue weighted by Crippen LogP contribution is -2.39. The Kier molecular flexibility index (Phi) is 21.3. The summed E-state index contributed by atoms with van der Waals surface area (Å²) in [4.78, 5) is 27.4. The van der Waals surface area contributed by atoms with Gasteiger partial charge in [0, 0.05) is 19.4 Å². The number of rotatable bonds is 31. The smallest absolute Gasteiger partial charge is 0.353 e. The van der Waals surface area contributed by atoms with E-state index in [2.05, 4.69) is 11.9 Å². The topological polar surface area (TPSA) is 135 Å². The van der Waals surface area contributed by atoms with Crippen LogP contribution in [0.25, 0.3) is 0 Å². The van der Waals surface area contributed by atoms with Crippen LogP contribution in [-0.4, -0.2) is 53.3 Å². The third-order valence-corrected chi connectivity index (χ3v) is 11.2. The van der Waals surface area contributed by atoms with Crippen molar-refractivity contribution < 1.29 is 28.2 Å². The van der Waals surface area contributed by atoms with Gasteiger partial charge in [-0.2, -0.15) is 4.98 Å². The fourth-order valence-corrected chi connectivity index (χ4v) is 7.93. The normalized spacial score (nSPS) is 13.4. The van der Waals surface area contributed by atoms with E-state index in [0.29, 0.717) is 19.6 Å². The van der Waals surface area contributed by atoms with Crippen molar-refractivity contribution in [2.75, 3.05) is 38.5 Å². The quantitative estimate of drug-likeness (QED) is 0.0290. The Labute approximate surface area is 340 Å². The highest BCUT2D eigenvalue weighted by Crippen LogP contribution is 2.43. The van der Waals surface area contributed by atoms with E-state index in [-0.39, 0.29) is 25.6 Å². The minimum Gasteiger partial charge on any atom is -0.383 e. The summed E-state index contributed by atoms with van der Waals surface area (Å²) in [5.74, 6) is 0.0954. The van der Waals surface area contributed by atoms with Gasteiger partial charge in [-0.3, -0.25) is 9.13 Å². The van der Waals surface area contributed by atoms with E-state index >= 15 is 0 Å². The van der Waals surface area contributed by atoms with Crippen LogP contribution in [0.5, 0.6) is 0 Å². The molecule has 0 fully saturated rings. The number of nitrogens with zero attached hydrogens (tertiary/aromatic N) is 2. The molecule has 0 spiro atoms. The van der Waals surface area contributed by atoms with Gasteiger partial charge in [-0.25, -0.2) is 4.79 Å². The molecule has 0 aliphatic heterocycles. The number of benzene rings is 3. The lowest BCUT2D eigenvalue weighted by Gasteiger charge is -2.37. The lowest BCUT2D eigenvalue weighted by atomic mass is 9.80. The first-order valence-corrected chi connectivity index (χ1v) is 22.9. The van der Waals surface area contributed by atoms with Gasteiger partial charge in [0.05, 0.1) is 25.9 Å². The van der Waals surface area contributed by atoms with Crippen LogP contribution in [0.4, 0.5) is 5.82 Å². The first kappa shape index (κ1) is 46.1. The summed E-state index contributed by atoms with van der Waals surface area (Å²) >= 11 is 0. The van der Waals surface area contributed by atoms with Crippen molar-refractivity contribution in [1.82, 2.24) is 9.55 Å². The molecule has 0 radical (unpaired) electrons. The summed E-state index contributed by atoms with van der Waals surface area (Å²) in [6.07, 6.45) is 18.9. The van der Waals surface area contributed by atoms with Crippen molar-refractivity contribution in [3.05, 3.63) is 130 Å². The van der Waals surface area contributed by atoms with E-state index < -0.39 is 31.3 Å². The molecular weight excluding hydrogens is 737 g/mol. The molecule has 3 N–H and O–H groups in total. The molecule has 2 atom stereocenters. The molecule has 4 aromatic rings. The number of hydrogen-bond donors (Lipinski definition) is 2. The Morgan fingerprint density at radius 1 is 0.684 bits per heavy atom. The monoisotopic (exact) mass is 803 g/mol. The third kappa shape index (κ3) is 16.6. The maximum absolute atomic E-state index is 13.2. The minimum atomic E-state index is -4.16. The highest BCUT2D eigenvalue weighted by Gasteiger charge is 2.38. The second-order valence-corrected chi connectivity index (χ2v) is 16.6. The zero-order chi connectivity index (χ0) is 40.4. The van der Waals surface area contributed by atoms with Gasteiger partial charge in [0.2, 0.25) is 0 Å². The Balaban J connectivity index is 1.25. The van der Waals surface area contributed by atoms with Gasteiger partial charge in [0.15, 0.2) is 0 Å². The first-order valence-electron chi connectivity index (χ1n) is 21.1. The standard InChI is InChI=1S/C46H66N3O7P/c1-2-3-4-5-6-7-8-9-10-11-12-13-14-24-34-53-35-25-36-56-57(51,52)39-54-43(37-49-33-32-44(47)48-45(49)50)38-55-46(40-26-18-15-19-27-40,41-28-20-16-21-29-41)42-30-22-17-23-31-42/h15-23,26-33,43H,2-14,24-25,34-39H2,1H3,(H,51,52)(H2,47,48,50)/t43-/m0/s1. The van der Waals surface area contributed by atoms with Crippen LogP contribution in [0, 0.1) is 0 Å². The SMILES string of the molecule is CCCCCCCCCCCCCCCCOCCCOP(=O)(O)CO[C@H](COC(c1ccccc1)(c1ccccc1)c1ccccc1)Cn1ccc(N)nc1=O. The van der Waals surface area contributed by atoms with Crippen molar-refractivity contribution >= 4 is 13.4 Å². The second-order valence-electron chi connectivity index (χ2n) is 14.8. The Hall–Kier alpha value is -3.63. The number of nitrogen functional groups attached to an aromatic ring is 1. The Bertz CT molecular complexity index is 1650. The van der Waals surface area contributed by atoms with Gasteiger partial charge in [0.1, 0.15) is 17.8 Å². The molecule has 1 aromatic heterocycles. The third-order valence-electron chi connectivity index (χ3n) is 10.2. The van der Waals surface area contributed by atoms with Crippen LogP contribution < -0.4 is 11.4 Å². The van der Waals surface area contributed by atoms with E-state index in [4.69, 9.17) is 24.5 Å². The van der Waals surface area contributed by atoms with Gasteiger partial charge in [-0.15, -0.1) is 0 Å². The predicted octanol–water partition coefficient (Wildman–Crippen LogP) is 10.3. The second kappa shape index (κ2) is 26.4. The molecule has 0 aliphatic carbocycles. The van der Waals surface area contributed by atoms with Gasteiger partial charge < -0.3 is 29.4 Å². The van der Waals surface area contributed by atoms with Crippen LogP contribution in [-0.2, 0) is 35.4 Å². The molecule has 0 aliphatic rings. The van der Waals surface area contributed by atoms with Crippen molar-refractivity contribution in [2.45, 2.75) is 121 Å². The molecule has 312 valence electrons. The number of aromatic nitrogens is 2. The van der Waals surface area contributed by atoms with Crippen molar-refractivity contribution in [2.24, 2.45) is 0 Å². The molecule has 0 saturated carbocycles. The molecule has 0 amide bonds. The minimum absolute atomic E-state index is 0.00629. The highest BCUT2D eigenvalue weighted by molar-refractivity contribution is 7.52. The largest absolute Gasteiger partial charge is 0.383 e. The van der Waals surface area contributed by atoms with Crippen LogP contribution in [0.15, 0.2) is 108 Å². The van der Waals surface area contributed by atoms with E-state index in [1.54, 1.807) is 0 Å². The average molecular weight is 804 g/mol. The summed E-state index contributed by atoms with van der Waals surface area (Å²) < 4.78 is 38.7.